The van der Waals surface area contributed by atoms with Crippen molar-refractivity contribution in [3.63, 3.8) is 0 Å². The van der Waals surface area contributed by atoms with Gasteiger partial charge in [0, 0.05) is 43.5 Å². The Morgan fingerprint density at radius 2 is 1.87 bits per heavy atom. The average molecular weight is 532 g/mol. The molecule has 2 aromatic carbocycles. The van der Waals surface area contributed by atoms with Gasteiger partial charge in [0.25, 0.3) is 5.91 Å². The zero-order valence-electron chi connectivity index (χ0n) is 21.1. The van der Waals surface area contributed by atoms with Crippen LogP contribution in [0.3, 0.4) is 0 Å². The van der Waals surface area contributed by atoms with Crippen molar-refractivity contribution >= 4 is 29.4 Å². The lowest BCUT2D eigenvalue weighted by Crippen LogP contribution is -2.37. The molecule has 1 saturated heterocycles. The molecule has 2 amide bonds. The van der Waals surface area contributed by atoms with Gasteiger partial charge in [0.15, 0.2) is 0 Å². The molecule has 0 spiro atoms. The number of rotatable bonds is 8. The minimum absolute atomic E-state index is 0.0104. The van der Waals surface area contributed by atoms with Crippen LogP contribution in [0.4, 0.5) is 5.95 Å². The molecule has 2 fully saturated rings. The lowest BCUT2D eigenvalue weighted by atomic mass is 10.0. The van der Waals surface area contributed by atoms with Crippen LogP contribution in [-0.2, 0) is 22.6 Å². The van der Waals surface area contributed by atoms with Crippen LogP contribution in [0.15, 0.2) is 48.7 Å². The molecule has 1 aromatic heterocycles. The Labute approximate surface area is 226 Å². The molecule has 38 heavy (non-hydrogen) atoms. The summed E-state index contributed by atoms with van der Waals surface area (Å²) in [5, 5.41) is 6.71. The Balaban J connectivity index is 1.09. The minimum atomic E-state index is -0.180. The van der Waals surface area contributed by atoms with E-state index in [1.807, 2.05) is 18.2 Å². The highest BCUT2D eigenvalue weighted by Crippen LogP contribution is 2.40. The second-order valence-corrected chi connectivity index (χ2v) is 10.7. The van der Waals surface area contributed by atoms with E-state index in [9.17, 15) is 9.59 Å². The van der Waals surface area contributed by atoms with Crippen molar-refractivity contribution in [3.8, 4) is 11.3 Å². The molecule has 9 heteroatoms. The second kappa shape index (κ2) is 10.7. The third-order valence-electron chi connectivity index (χ3n) is 7.41. The van der Waals surface area contributed by atoms with E-state index in [0.717, 1.165) is 29.5 Å². The van der Waals surface area contributed by atoms with Crippen molar-refractivity contribution in [3.05, 3.63) is 75.9 Å². The smallest absolute Gasteiger partial charge is 0.254 e. The first kappa shape index (κ1) is 24.8. The molecular formula is C29H30ClN5O3. The fraction of sp³-hybridized carbons (Fsp3) is 0.379. The Bertz CT molecular complexity index is 1350. The van der Waals surface area contributed by atoms with Gasteiger partial charge in [-0.05, 0) is 54.4 Å². The molecule has 3 aromatic rings. The zero-order chi connectivity index (χ0) is 26.1. The van der Waals surface area contributed by atoms with Crippen molar-refractivity contribution in [1.29, 1.82) is 0 Å². The van der Waals surface area contributed by atoms with Crippen molar-refractivity contribution < 1.29 is 14.3 Å². The van der Waals surface area contributed by atoms with Crippen LogP contribution in [0, 0.1) is 0 Å². The van der Waals surface area contributed by atoms with Gasteiger partial charge in [-0.3, -0.25) is 9.59 Å². The van der Waals surface area contributed by atoms with E-state index in [1.165, 1.54) is 18.4 Å². The molecule has 0 radical (unpaired) electrons. The third-order valence-corrected chi connectivity index (χ3v) is 7.69. The summed E-state index contributed by atoms with van der Waals surface area (Å²) in [6.07, 6.45) is 5.90. The van der Waals surface area contributed by atoms with Crippen LogP contribution in [0.5, 0.6) is 0 Å². The van der Waals surface area contributed by atoms with Crippen LogP contribution in [-0.4, -0.2) is 52.5 Å². The summed E-state index contributed by atoms with van der Waals surface area (Å²) in [6, 6.07) is 14.3. The Morgan fingerprint density at radius 3 is 2.63 bits per heavy atom. The van der Waals surface area contributed by atoms with E-state index in [4.69, 9.17) is 16.3 Å². The summed E-state index contributed by atoms with van der Waals surface area (Å²) in [6.45, 7) is 2.28. The van der Waals surface area contributed by atoms with E-state index in [0.29, 0.717) is 54.4 Å². The first-order valence-electron chi connectivity index (χ1n) is 13.2. The van der Waals surface area contributed by atoms with Crippen LogP contribution in [0.2, 0.25) is 5.02 Å². The van der Waals surface area contributed by atoms with Gasteiger partial charge in [0.2, 0.25) is 11.9 Å². The van der Waals surface area contributed by atoms with Gasteiger partial charge in [0.05, 0.1) is 16.9 Å². The molecular weight excluding hydrogens is 502 g/mol. The highest BCUT2D eigenvalue weighted by molar-refractivity contribution is 6.33. The molecule has 3 heterocycles. The van der Waals surface area contributed by atoms with Gasteiger partial charge in [-0.2, -0.15) is 0 Å². The molecule has 196 valence electrons. The fourth-order valence-electron chi connectivity index (χ4n) is 5.05. The van der Waals surface area contributed by atoms with E-state index >= 15 is 0 Å². The number of nitrogens with zero attached hydrogens (tertiary/aromatic N) is 3. The highest BCUT2D eigenvalue weighted by Gasteiger charge is 2.29. The quantitative estimate of drug-likeness (QED) is 0.443. The number of hydrogen-bond donors (Lipinski definition) is 2. The maximum absolute atomic E-state index is 13.2. The zero-order valence-corrected chi connectivity index (χ0v) is 21.8. The topological polar surface area (TPSA) is 96.5 Å². The van der Waals surface area contributed by atoms with Crippen LogP contribution >= 0.6 is 11.6 Å². The SMILES string of the molecule is O=C(CN1Cc2ccc(-c3nc(NC4CCOCC4)ncc3Cl)cc2C1=O)NCc1ccc(C2CC2)cc1. The molecule has 0 atom stereocenters. The van der Waals surface area contributed by atoms with Crippen molar-refractivity contribution in [2.45, 2.75) is 50.7 Å². The Hall–Kier alpha value is -3.49. The molecule has 0 unspecified atom stereocenters. The summed E-state index contributed by atoms with van der Waals surface area (Å²) in [5.41, 5.74) is 5.18. The maximum Gasteiger partial charge on any atom is 0.254 e. The molecule has 3 aliphatic rings. The number of hydrogen-bond acceptors (Lipinski definition) is 6. The fourth-order valence-corrected chi connectivity index (χ4v) is 5.25. The number of nitrogens with one attached hydrogen (secondary N) is 2. The van der Waals surface area contributed by atoms with Gasteiger partial charge in [-0.25, -0.2) is 9.97 Å². The summed E-state index contributed by atoms with van der Waals surface area (Å²) in [7, 11) is 0. The van der Waals surface area contributed by atoms with E-state index < -0.39 is 0 Å². The van der Waals surface area contributed by atoms with Crippen molar-refractivity contribution in [2.24, 2.45) is 0 Å². The summed E-state index contributed by atoms with van der Waals surface area (Å²) in [5.74, 6) is 0.864. The van der Waals surface area contributed by atoms with Crippen LogP contribution in [0.25, 0.3) is 11.3 Å². The summed E-state index contributed by atoms with van der Waals surface area (Å²) < 4.78 is 5.42. The van der Waals surface area contributed by atoms with Crippen molar-refractivity contribution in [1.82, 2.24) is 20.2 Å². The van der Waals surface area contributed by atoms with Gasteiger partial charge in [-0.15, -0.1) is 0 Å². The standard InChI is InChI=1S/C29H30ClN5O3/c30-25-15-32-29(33-23-9-11-38-12-10-23)34-27(25)21-7-8-22-16-35(28(37)24(22)13-21)17-26(36)31-14-18-1-3-19(4-2-18)20-5-6-20/h1-4,7-8,13,15,20,23H,5-6,9-12,14,16-17H2,(H,31,36)(H,32,33,34). The predicted octanol–water partition coefficient (Wildman–Crippen LogP) is 4.54. The first-order valence-corrected chi connectivity index (χ1v) is 13.6. The summed E-state index contributed by atoms with van der Waals surface area (Å²) >= 11 is 6.45. The number of carbonyl (C=O) groups is 2. The maximum atomic E-state index is 13.2. The molecule has 1 saturated carbocycles. The third kappa shape index (κ3) is 5.51. The van der Waals surface area contributed by atoms with Crippen LogP contribution < -0.4 is 10.6 Å². The van der Waals surface area contributed by atoms with Gasteiger partial charge >= 0.3 is 0 Å². The lowest BCUT2D eigenvalue weighted by molar-refractivity contribution is -0.122. The first-order chi connectivity index (χ1) is 18.5. The number of fused-ring (bicyclic) bond motifs is 1. The van der Waals surface area contributed by atoms with Gasteiger partial charge < -0.3 is 20.3 Å². The minimum Gasteiger partial charge on any atom is -0.381 e. The lowest BCUT2D eigenvalue weighted by Gasteiger charge is -2.23. The Kier molecular flexibility index (Phi) is 7.00. The number of halogens is 1. The summed E-state index contributed by atoms with van der Waals surface area (Å²) in [4.78, 5) is 36.3. The number of amides is 2. The number of aromatic nitrogens is 2. The largest absolute Gasteiger partial charge is 0.381 e. The number of benzene rings is 2. The molecule has 0 bridgehead atoms. The number of carbonyl (C=O) groups excluding carboxylic acids is 2. The normalized spacial score (nSPS) is 17.4. The van der Waals surface area contributed by atoms with E-state index in [2.05, 4.69) is 44.9 Å². The average Bonchev–Trinajstić information content (AvgIpc) is 3.75. The van der Waals surface area contributed by atoms with E-state index in [1.54, 1.807) is 11.1 Å². The molecule has 6 rings (SSSR count). The monoisotopic (exact) mass is 531 g/mol. The number of ether oxygens (including phenoxy) is 1. The highest BCUT2D eigenvalue weighted by atomic mass is 35.5. The van der Waals surface area contributed by atoms with Gasteiger partial charge in [-0.1, -0.05) is 48.0 Å². The van der Waals surface area contributed by atoms with E-state index in [-0.39, 0.29) is 24.4 Å². The van der Waals surface area contributed by atoms with Crippen LogP contribution in [0.1, 0.15) is 58.6 Å². The molecule has 8 nitrogen and oxygen atoms in total. The molecule has 2 N–H and O–H groups in total. The molecule has 2 aliphatic heterocycles. The Morgan fingerprint density at radius 1 is 1.08 bits per heavy atom. The number of anilines is 1. The molecule has 1 aliphatic carbocycles. The van der Waals surface area contributed by atoms with Crippen molar-refractivity contribution in [2.75, 3.05) is 25.1 Å². The predicted molar refractivity (Wildman–Crippen MR) is 145 cm³/mol. The van der Waals surface area contributed by atoms with Gasteiger partial charge in [0.1, 0.15) is 6.54 Å². The second-order valence-electron chi connectivity index (χ2n) is 10.2.